The van der Waals surface area contributed by atoms with Gasteiger partial charge in [0.25, 0.3) is 0 Å². The quantitative estimate of drug-likeness (QED) is 0.679. The van der Waals surface area contributed by atoms with E-state index in [1.807, 2.05) is 27.8 Å². The minimum absolute atomic E-state index is 0.148. The minimum atomic E-state index is -0.504. The van der Waals surface area contributed by atoms with Gasteiger partial charge < -0.3 is 19.3 Å². The van der Waals surface area contributed by atoms with Crippen molar-refractivity contribution in [1.82, 2.24) is 9.80 Å². The van der Waals surface area contributed by atoms with E-state index in [-0.39, 0.29) is 12.0 Å². The Morgan fingerprint density at radius 1 is 1.21 bits per heavy atom. The van der Waals surface area contributed by atoms with Gasteiger partial charge in [-0.25, -0.2) is 4.79 Å². The molecule has 1 rings (SSSR count). The number of nitrogens with zero attached hydrogens (tertiary/aromatic N) is 2. The minimum Gasteiger partial charge on any atom is -0.444 e. The van der Waals surface area contributed by atoms with Gasteiger partial charge in [-0.3, -0.25) is 0 Å². The lowest BCUT2D eigenvalue weighted by atomic mass is 10.0. The normalized spacial score (nSPS) is 26.5. The molecule has 110 valence electrons. The molecule has 0 aromatic heterocycles. The van der Waals surface area contributed by atoms with Gasteiger partial charge in [0.15, 0.2) is 0 Å². The van der Waals surface area contributed by atoms with Crippen molar-refractivity contribution in [3.63, 3.8) is 0 Å². The van der Waals surface area contributed by atoms with Crippen LogP contribution < -0.4 is 0 Å². The van der Waals surface area contributed by atoms with Crippen LogP contribution in [0.2, 0.25) is 0 Å². The van der Waals surface area contributed by atoms with Crippen LogP contribution in [0.15, 0.2) is 0 Å². The maximum atomic E-state index is 12.1. The van der Waals surface area contributed by atoms with Crippen molar-refractivity contribution >= 4 is 12.4 Å². The van der Waals surface area contributed by atoms with Crippen molar-refractivity contribution in [2.75, 3.05) is 33.2 Å². The van der Waals surface area contributed by atoms with E-state index in [0.717, 1.165) is 12.8 Å². The molecule has 1 amide bonds. The summed E-state index contributed by atoms with van der Waals surface area (Å²) in [5, 5.41) is 0. The second-order valence-corrected chi connectivity index (χ2v) is 6.61. The molecule has 5 heteroatoms. The molecule has 19 heavy (non-hydrogen) atoms. The molecule has 1 saturated heterocycles. The first-order valence-corrected chi connectivity index (χ1v) is 6.83. The Bertz CT molecular complexity index is 325. The molecular formula is C14H26N2O3. The van der Waals surface area contributed by atoms with E-state index in [1.54, 1.807) is 4.90 Å². The fraction of sp³-hybridized carbons (Fsp3) is 0.857. The molecule has 1 aliphatic heterocycles. The van der Waals surface area contributed by atoms with Crippen molar-refractivity contribution in [1.29, 1.82) is 0 Å². The number of rotatable bonds is 1. The molecule has 0 radical (unpaired) electrons. The van der Waals surface area contributed by atoms with Crippen LogP contribution in [0.4, 0.5) is 4.79 Å². The maximum absolute atomic E-state index is 12.1. The Hall–Kier alpha value is -1.10. The third-order valence-electron chi connectivity index (χ3n) is 3.00. The molecule has 0 aliphatic carbocycles. The monoisotopic (exact) mass is 270 g/mol. The van der Waals surface area contributed by atoms with Crippen LogP contribution in [0.25, 0.3) is 0 Å². The first-order valence-electron chi connectivity index (χ1n) is 6.83. The summed E-state index contributed by atoms with van der Waals surface area (Å²) < 4.78 is 5.40. The SMILES string of the molecule is CC1CN(C)CC(C=O)CN(C(=O)OC(C)(C)C)C1. The van der Waals surface area contributed by atoms with E-state index >= 15 is 0 Å². The van der Waals surface area contributed by atoms with Crippen molar-refractivity contribution in [3.05, 3.63) is 0 Å². The number of aldehydes is 1. The average Bonchev–Trinajstić information content (AvgIpc) is 2.21. The standard InChI is InChI=1S/C14H26N2O3/c1-11-6-15(5)8-12(10-17)9-16(7-11)13(18)19-14(2,3)4/h10-12H,6-9H2,1-5H3. The molecule has 1 fully saturated rings. The molecule has 2 atom stereocenters. The number of carbonyl (C=O) groups is 2. The number of carbonyl (C=O) groups excluding carboxylic acids is 2. The highest BCUT2D eigenvalue weighted by Gasteiger charge is 2.28. The summed E-state index contributed by atoms with van der Waals surface area (Å²) in [4.78, 5) is 27.1. The lowest BCUT2D eigenvalue weighted by Gasteiger charge is -2.35. The van der Waals surface area contributed by atoms with Crippen LogP contribution in [0.5, 0.6) is 0 Å². The highest BCUT2D eigenvalue weighted by Crippen LogP contribution is 2.15. The van der Waals surface area contributed by atoms with Crippen LogP contribution in [0, 0.1) is 11.8 Å². The summed E-state index contributed by atoms with van der Waals surface area (Å²) in [6.45, 7) is 10.3. The van der Waals surface area contributed by atoms with Crippen LogP contribution >= 0.6 is 0 Å². The van der Waals surface area contributed by atoms with Gasteiger partial charge in [0.05, 0.1) is 0 Å². The average molecular weight is 270 g/mol. The van der Waals surface area contributed by atoms with E-state index in [9.17, 15) is 9.59 Å². The number of hydrogen-bond acceptors (Lipinski definition) is 4. The molecule has 5 nitrogen and oxygen atoms in total. The summed E-state index contributed by atoms with van der Waals surface area (Å²) in [5.41, 5.74) is -0.504. The smallest absolute Gasteiger partial charge is 0.410 e. The first kappa shape index (κ1) is 16.0. The fourth-order valence-electron chi connectivity index (χ4n) is 2.42. The molecule has 0 bridgehead atoms. The summed E-state index contributed by atoms with van der Waals surface area (Å²) in [6.07, 6.45) is 0.611. The van der Waals surface area contributed by atoms with E-state index in [0.29, 0.717) is 25.6 Å². The molecule has 0 spiro atoms. The maximum Gasteiger partial charge on any atom is 0.410 e. The van der Waals surface area contributed by atoms with Gasteiger partial charge in [0.2, 0.25) is 0 Å². The van der Waals surface area contributed by atoms with Crippen molar-refractivity contribution < 1.29 is 14.3 Å². The topological polar surface area (TPSA) is 49.9 Å². The van der Waals surface area contributed by atoms with E-state index in [2.05, 4.69) is 11.8 Å². The summed E-state index contributed by atoms with van der Waals surface area (Å²) in [7, 11) is 2.01. The van der Waals surface area contributed by atoms with E-state index in [1.165, 1.54) is 0 Å². The van der Waals surface area contributed by atoms with Crippen LogP contribution in [-0.2, 0) is 9.53 Å². The first-order chi connectivity index (χ1) is 8.71. The Balaban J connectivity index is 2.73. The van der Waals surface area contributed by atoms with Gasteiger partial charge in [-0.2, -0.15) is 0 Å². The molecule has 0 aromatic rings. The van der Waals surface area contributed by atoms with E-state index < -0.39 is 5.60 Å². The van der Waals surface area contributed by atoms with Crippen molar-refractivity contribution in [3.8, 4) is 0 Å². The van der Waals surface area contributed by atoms with E-state index in [4.69, 9.17) is 4.74 Å². The van der Waals surface area contributed by atoms with Gasteiger partial charge in [-0.05, 0) is 33.7 Å². The lowest BCUT2D eigenvalue weighted by molar-refractivity contribution is -0.112. The molecule has 1 aliphatic rings. The zero-order valence-corrected chi connectivity index (χ0v) is 12.7. The summed E-state index contributed by atoms with van der Waals surface area (Å²) >= 11 is 0. The number of ether oxygens (including phenoxy) is 1. The predicted octanol–water partition coefficient (Wildman–Crippen LogP) is 1.62. The third kappa shape index (κ3) is 5.59. The van der Waals surface area contributed by atoms with Crippen LogP contribution in [0.1, 0.15) is 27.7 Å². The lowest BCUT2D eigenvalue weighted by Crippen LogP contribution is -2.48. The Morgan fingerprint density at radius 2 is 1.84 bits per heavy atom. The van der Waals surface area contributed by atoms with Crippen LogP contribution in [0.3, 0.4) is 0 Å². The number of hydrogen-bond donors (Lipinski definition) is 0. The predicted molar refractivity (Wildman–Crippen MR) is 74.0 cm³/mol. The second-order valence-electron chi connectivity index (χ2n) is 6.61. The summed E-state index contributed by atoms with van der Waals surface area (Å²) in [6, 6.07) is 0. The molecule has 1 heterocycles. The highest BCUT2D eigenvalue weighted by atomic mass is 16.6. The largest absolute Gasteiger partial charge is 0.444 e. The third-order valence-corrected chi connectivity index (χ3v) is 3.00. The van der Waals surface area contributed by atoms with Crippen molar-refractivity contribution in [2.45, 2.75) is 33.3 Å². The Kier molecular flexibility index (Phi) is 5.35. The molecule has 0 N–H and O–H groups in total. The zero-order chi connectivity index (χ0) is 14.6. The van der Waals surface area contributed by atoms with Crippen molar-refractivity contribution in [2.24, 2.45) is 11.8 Å². The summed E-state index contributed by atoms with van der Waals surface area (Å²) in [5.74, 6) is 0.218. The molecule has 2 unspecified atom stereocenters. The van der Waals surface area contributed by atoms with Gasteiger partial charge in [-0.15, -0.1) is 0 Å². The fourth-order valence-corrected chi connectivity index (χ4v) is 2.42. The zero-order valence-electron chi connectivity index (χ0n) is 12.7. The molecule has 0 aromatic carbocycles. The Labute approximate surface area is 115 Å². The van der Waals surface area contributed by atoms with Gasteiger partial charge in [0.1, 0.15) is 11.9 Å². The molecule has 0 saturated carbocycles. The van der Waals surface area contributed by atoms with Gasteiger partial charge in [0, 0.05) is 32.1 Å². The van der Waals surface area contributed by atoms with Gasteiger partial charge in [-0.1, -0.05) is 6.92 Å². The molecular weight excluding hydrogens is 244 g/mol. The highest BCUT2D eigenvalue weighted by molar-refractivity contribution is 5.69. The van der Waals surface area contributed by atoms with Gasteiger partial charge >= 0.3 is 6.09 Å². The van der Waals surface area contributed by atoms with Crippen LogP contribution in [-0.4, -0.2) is 61.0 Å². The number of amides is 1. The Morgan fingerprint density at radius 3 is 2.37 bits per heavy atom. The second kappa shape index (κ2) is 6.37.